The zero-order valence-corrected chi connectivity index (χ0v) is 12.1. The van der Waals surface area contributed by atoms with Gasteiger partial charge in [0, 0.05) is 31.0 Å². The molecule has 2 rings (SSSR count). The Bertz CT molecular complexity index is 282. The van der Waals surface area contributed by atoms with E-state index in [0.717, 1.165) is 38.9 Å². The SMILES string of the molecule is CC(NC(=O)CCC1CCC(N)CC1)C1CCOC1. The standard InChI is InChI=1S/C15H28N2O2/c1-11(13-8-9-19-10-13)17-15(18)7-4-12-2-5-14(16)6-3-12/h11-14H,2-10,16H2,1H3,(H,17,18). The number of carbonyl (C=O) groups is 1. The molecule has 0 aromatic heterocycles. The lowest BCUT2D eigenvalue weighted by atomic mass is 9.84. The smallest absolute Gasteiger partial charge is 0.220 e. The summed E-state index contributed by atoms with van der Waals surface area (Å²) in [6, 6.07) is 0.641. The highest BCUT2D eigenvalue weighted by Gasteiger charge is 2.24. The summed E-state index contributed by atoms with van der Waals surface area (Å²) in [6.45, 7) is 3.73. The van der Waals surface area contributed by atoms with Gasteiger partial charge in [-0.1, -0.05) is 0 Å². The highest BCUT2D eigenvalue weighted by molar-refractivity contribution is 5.76. The van der Waals surface area contributed by atoms with E-state index in [0.29, 0.717) is 24.3 Å². The zero-order valence-electron chi connectivity index (χ0n) is 12.1. The van der Waals surface area contributed by atoms with Crippen LogP contribution < -0.4 is 11.1 Å². The molecule has 1 aliphatic heterocycles. The number of hydrogen-bond acceptors (Lipinski definition) is 3. The van der Waals surface area contributed by atoms with Crippen molar-refractivity contribution in [2.45, 2.75) is 64.0 Å². The molecule has 4 nitrogen and oxygen atoms in total. The molecule has 2 unspecified atom stereocenters. The van der Waals surface area contributed by atoms with Gasteiger partial charge in [-0.15, -0.1) is 0 Å². The highest BCUT2D eigenvalue weighted by Crippen LogP contribution is 2.26. The van der Waals surface area contributed by atoms with Gasteiger partial charge in [0.15, 0.2) is 0 Å². The molecule has 1 heterocycles. The lowest BCUT2D eigenvalue weighted by Crippen LogP contribution is -2.38. The van der Waals surface area contributed by atoms with E-state index >= 15 is 0 Å². The molecule has 0 bridgehead atoms. The molecule has 1 aliphatic carbocycles. The van der Waals surface area contributed by atoms with Gasteiger partial charge in [-0.25, -0.2) is 0 Å². The van der Waals surface area contributed by atoms with Crippen LogP contribution in [0.1, 0.15) is 51.9 Å². The maximum Gasteiger partial charge on any atom is 0.220 e. The number of ether oxygens (including phenoxy) is 1. The summed E-state index contributed by atoms with van der Waals surface area (Å²) < 4.78 is 5.36. The Morgan fingerprint density at radius 2 is 2.05 bits per heavy atom. The van der Waals surface area contributed by atoms with E-state index in [1.54, 1.807) is 0 Å². The number of nitrogens with two attached hydrogens (primary N) is 1. The fourth-order valence-electron chi connectivity index (χ4n) is 3.20. The van der Waals surface area contributed by atoms with Crippen LogP contribution in [-0.2, 0) is 9.53 Å². The lowest BCUT2D eigenvalue weighted by Gasteiger charge is -2.26. The van der Waals surface area contributed by atoms with E-state index < -0.39 is 0 Å². The van der Waals surface area contributed by atoms with E-state index in [1.165, 1.54) is 12.8 Å². The monoisotopic (exact) mass is 268 g/mol. The Balaban J connectivity index is 1.61. The molecule has 0 spiro atoms. The molecule has 2 fully saturated rings. The number of carbonyl (C=O) groups excluding carboxylic acids is 1. The topological polar surface area (TPSA) is 64.4 Å². The Hall–Kier alpha value is -0.610. The van der Waals surface area contributed by atoms with Crippen molar-refractivity contribution in [3.8, 4) is 0 Å². The van der Waals surface area contributed by atoms with Gasteiger partial charge in [0.05, 0.1) is 6.61 Å². The molecule has 1 amide bonds. The summed E-state index contributed by atoms with van der Waals surface area (Å²) in [5, 5.41) is 3.13. The summed E-state index contributed by atoms with van der Waals surface area (Å²) in [6.07, 6.45) is 7.40. The van der Waals surface area contributed by atoms with Crippen molar-refractivity contribution < 1.29 is 9.53 Å². The third-order valence-electron chi connectivity index (χ3n) is 4.73. The third-order valence-corrected chi connectivity index (χ3v) is 4.73. The second-order valence-electron chi connectivity index (χ2n) is 6.30. The molecular formula is C15H28N2O2. The van der Waals surface area contributed by atoms with E-state index in [9.17, 15) is 4.79 Å². The third kappa shape index (κ3) is 4.77. The summed E-state index contributed by atoms with van der Waals surface area (Å²) in [5.74, 6) is 1.40. The Kier molecular flexibility index (Phi) is 5.64. The molecule has 3 N–H and O–H groups in total. The summed E-state index contributed by atoms with van der Waals surface area (Å²) in [5.41, 5.74) is 5.90. The van der Waals surface area contributed by atoms with Crippen LogP contribution in [0.5, 0.6) is 0 Å². The molecule has 0 aromatic carbocycles. The molecule has 0 aromatic rings. The summed E-state index contributed by atoms with van der Waals surface area (Å²) in [7, 11) is 0. The molecule has 2 atom stereocenters. The van der Waals surface area contributed by atoms with Crippen molar-refractivity contribution in [2.24, 2.45) is 17.6 Å². The number of rotatable bonds is 5. The van der Waals surface area contributed by atoms with E-state index in [4.69, 9.17) is 10.5 Å². The van der Waals surface area contributed by atoms with Crippen LogP contribution in [0.15, 0.2) is 0 Å². The van der Waals surface area contributed by atoms with Crippen LogP contribution in [0.25, 0.3) is 0 Å². The first-order chi connectivity index (χ1) is 9.15. The van der Waals surface area contributed by atoms with Crippen molar-refractivity contribution in [3.05, 3.63) is 0 Å². The minimum Gasteiger partial charge on any atom is -0.381 e. The van der Waals surface area contributed by atoms with Gasteiger partial charge in [-0.3, -0.25) is 4.79 Å². The van der Waals surface area contributed by atoms with Crippen molar-refractivity contribution in [1.82, 2.24) is 5.32 Å². The van der Waals surface area contributed by atoms with Crippen LogP contribution in [0.4, 0.5) is 0 Å². The van der Waals surface area contributed by atoms with Gasteiger partial charge >= 0.3 is 0 Å². The van der Waals surface area contributed by atoms with Crippen molar-refractivity contribution in [3.63, 3.8) is 0 Å². The van der Waals surface area contributed by atoms with Gasteiger partial charge in [0.2, 0.25) is 5.91 Å². The van der Waals surface area contributed by atoms with Crippen LogP contribution in [0, 0.1) is 11.8 Å². The molecule has 0 radical (unpaired) electrons. The summed E-state index contributed by atoms with van der Waals surface area (Å²) >= 11 is 0. The predicted molar refractivity (Wildman–Crippen MR) is 75.7 cm³/mol. The van der Waals surface area contributed by atoms with Gasteiger partial charge in [0.1, 0.15) is 0 Å². The zero-order chi connectivity index (χ0) is 13.7. The van der Waals surface area contributed by atoms with Crippen LogP contribution in [-0.4, -0.2) is 31.2 Å². The highest BCUT2D eigenvalue weighted by atomic mass is 16.5. The molecule has 19 heavy (non-hydrogen) atoms. The largest absolute Gasteiger partial charge is 0.381 e. The second kappa shape index (κ2) is 7.25. The van der Waals surface area contributed by atoms with Gasteiger partial charge in [-0.05, 0) is 51.4 Å². The molecule has 1 saturated carbocycles. The van der Waals surface area contributed by atoms with Crippen LogP contribution in [0.3, 0.4) is 0 Å². The maximum absolute atomic E-state index is 11.9. The Morgan fingerprint density at radius 3 is 2.68 bits per heavy atom. The van der Waals surface area contributed by atoms with Crippen LogP contribution >= 0.6 is 0 Å². The summed E-state index contributed by atoms with van der Waals surface area (Å²) in [4.78, 5) is 11.9. The second-order valence-corrected chi connectivity index (χ2v) is 6.30. The fourth-order valence-corrected chi connectivity index (χ4v) is 3.20. The lowest BCUT2D eigenvalue weighted by molar-refractivity contribution is -0.122. The Morgan fingerprint density at radius 1 is 1.32 bits per heavy atom. The molecule has 1 saturated heterocycles. The predicted octanol–water partition coefficient (Wildman–Crippen LogP) is 1.83. The molecule has 2 aliphatic rings. The maximum atomic E-state index is 11.9. The van der Waals surface area contributed by atoms with E-state index in [2.05, 4.69) is 12.2 Å². The van der Waals surface area contributed by atoms with E-state index in [-0.39, 0.29) is 11.9 Å². The first-order valence-electron chi connectivity index (χ1n) is 7.78. The van der Waals surface area contributed by atoms with Crippen molar-refractivity contribution in [1.29, 1.82) is 0 Å². The first-order valence-corrected chi connectivity index (χ1v) is 7.78. The molecule has 110 valence electrons. The normalized spacial score (nSPS) is 33.1. The fraction of sp³-hybridized carbons (Fsp3) is 0.933. The quantitative estimate of drug-likeness (QED) is 0.799. The minimum atomic E-state index is 0.203. The number of amides is 1. The minimum absolute atomic E-state index is 0.203. The number of hydrogen-bond donors (Lipinski definition) is 2. The van der Waals surface area contributed by atoms with Crippen LogP contribution in [0.2, 0.25) is 0 Å². The number of nitrogens with one attached hydrogen (secondary N) is 1. The first kappa shape index (κ1) is 14.8. The average Bonchev–Trinajstić information content (AvgIpc) is 2.92. The van der Waals surface area contributed by atoms with Crippen molar-refractivity contribution >= 4 is 5.91 Å². The average molecular weight is 268 g/mol. The molecule has 4 heteroatoms. The van der Waals surface area contributed by atoms with Gasteiger partial charge < -0.3 is 15.8 Å². The van der Waals surface area contributed by atoms with E-state index in [1.807, 2.05) is 0 Å². The van der Waals surface area contributed by atoms with Crippen molar-refractivity contribution in [2.75, 3.05) is 13.2 Å². The van der Waals surface area contributed by atoms with Gasteiger partial charge in [-0.2, -0.15) is 0 Å². The van der Waals surface area contributed by atoms with Gasteiger partial charge in [0.25, 0.3) is 0 Å². The molecular weight excluding hydrogens is 240 g/mol. The Labute approximate surface area is 116 Å².